The van der Waals surface area contributed by atoms with Crippen LogP contribution < -0.4 is 9.80 Å². The summed E-state index contributed by atoms with van der Waals surface area (Å²) in [5.74, 6) is 1.23. The standard InChI is InChI=1S/C32H35Cl2N3O5/c1-32(2,3)41-28(39)16-36(18-38)21-9-11-22(12-10-21)37-15-20-13-23(37)14-27(20)40-17-24-30(35-42-31(24)19-7-8-19)29-25(33)5-4-6-26(29)34/h4-6,9-12,18-20,23,27H,7-8,13-17H2,1-3H3/t20-,23-,27+/m0/s1. The zero-order chi connectivity index (χ0) is 29.6. The van der Waals surface area contributed by atoms with Crippen molar-refractivity contribution in [2.45, 2.75) is 76.7 Å². The van der Waals surface area contributed by atoms with Crippen LogP contribution in [0.1, 0.15) is 63.7 Å². The van der Waals surface area contributed by atoms with E-state index in [0.717, 1.165) is 49.2 Å². The molecule has 2 aliphatic carbocycles. The number of ether oxygens (including phenoxy) is 2. The van der Waals surface area contributed by atoms with Crippen molar-refractivity contribution in [3.8, 4) is 11.3 Å². The molecule has 0 spiro atoms. The molecule has 8 nitrogen and oxygen atoms in total. The van der Waals surface area contributed by atoms with Crippen LogP contribution >= 0.6 is 23.2 Å². The fraction of sp³-hybridized carbons (Fsp3) is 0.469. The highest BCUT2D eigenvalue weighted by Gasteiger charge is 2.45. The van der Waals surface area contributed by atoms with Crippen LogP contribution in [0.15, 0.2) is 47.0 Å². The van der Waals surface area contributed by atoms with Crippen molar-refractivity contribution in [1.29, 1.82) is 0 Å². The van der Waals surface area contributed by atoms with Gasteiger partial charge in [0.25, 0.3) is 0 Å². The lowest BCUT2D eigenvalue weighted by molar-refractivity contribution is -0.153. The molecule has 2 aromatic carbocycles. The molecule has 1 amide bonds. The molecule has 6 rings (SSSR count). The molecule has 2 heterocycles. The first-order chi connectivity index (χ1) is 20.1. The van der Waals surface area contributed by atoms with Gasteiger partial charge in [-0.15, -0.1) is 0 Å². The monoisotopic (exact) mass is 611 g/mol. The summed E-state index contributed by atoms with van der Waals surface area (Å²) >= 11 is 13.0. The van der Waals surface area contributed by atoms with Crippen molar-refractivity contribution in [2.75, 3.05) is 22.9 Å². The van der Waals surface area contributed by atoms with Gasteiger partial charge in [-0.05, 0) is 82.9 Å². The summed E-state index contributed by atoms with van der Waals surface area (Å²) in [6.07, 6.45) is 4.97. The minimum absolute atomic E-state index is 0.132. The second kappa shape index (κ2) is 11.5. The number of halogens is 2. The summed E-state index contributed by atoms with van der Waals surface area (Å²) in [7, 11) is 0. The summed E-state index contributed by atoms with van der Waals surface area (Å²) < 4.78 is 17.7. The number of carbonyl (C=O) groups is 2. The van der Waals surface area contributed by atoms with E-state index in [1.54, 1.807) is 20.8 Å². The Bertz CT molecular complexity index is 1440. The maximum Gasteiger partial charge on any atom is 0.326 e. The van der Waals surface area contributed by atoms with E-state index in [2.05, 4.69) is 10.1 Å². The zero-order valence-corrected chi connectivity index (χ0v) is 25.5. The van der Waals surface area contributed by atoms with Crippen molar-refractivity contribution in [1.82, 2.24) is 5.16 Å². The van der Waals surface area contributed by atoms with Crippen molar-refractivity contribution in [2.24, 2.45) is 5.92 Å². The fourth-order valence-corrected chi connectivity index (χ4v) is 6.78. The highest BCUT2D eigenvalue weighted by atomic mass is 35.5. The molecule has 10 heteroatoms. The molecule has 1 aliphatic heterocycles. The quantitative estimate of drug-likeness (QED) is 0.180. The van der Waals surface area contributed by atoms with Gasteiger partial charge in [0.1, 0.15) is 23.6 Å². The first kappa shape index (κ1) is 29.0. The Morgan fingerprint density at radius 2 is 1.83 bits per heavy atom. The maximum absolute atomic E-state index is 12.2. The number of fused-ring (bicyclic) bond motifs is 2. The first-order valence-electron chi connectivity index (χ1n) is 14.5. The third-order valence-electron chi connectivity index (χ3n) is 8.24. The van der Waals surface area contributed by atoms with Crippen molar-refractivity contribution in [3.05, 3.63) is 63.8 Å². The number of aromatic nitrogens is 1. The SMILES string of the molecule is CC(C)(C)OC(=O)CN(C=O)c1ccc(N2C[C@@H]3C[C@H]2C[C@H]3OCc2c(-c3c(Cl)cccc3Cl)noc2C2CC2)cc1. The number of hydrogen-bond donors (Lipinski definition) is 0. The number of rotatable bonds is 10. The number of anilines is 2. The molecule has 3 atom stereocenters. The van der Waals surface area contributed by atoms with Gasteiger partial charge in [0, 0.05) is 46.9 Å². The number of benzene rings is 2. The predicted octanol–water partition coefficient (Wildman–Crippen LogP) is 7.01. The molecule has 3 aliphatic rings. The average molecular weight is 613 g/mol. The van der Waals surface area contributed by atoms with Crippen molar-refractivity contribution >= 4 is 47.0 Å². The normalized spacial score (nSPS) is 21.5. The van der Waals surface area contributed by atoms with Crippen molar-refractivity contribution in [3.63, 3.8) is 0 Å². The van der Waals surface area contributed by atoms with E-state index in [1.807, 2.05) is 42.5 Å². The van der Waals surface area contributed by atoms with Crippen LogP contribution in [-0.2, 0) is 25.7 Å². The molecular weight excluding hydrogens is 577 g/mol. The predicted molar refractivity (Wildman–Crippen MR) is 162 cm³/mol. The molecule has 2 saturated carbocycles. The molecule has 1 aromatic heterocycles. The second-order valence-electron chi connectivity index (χ2n) is 12.5. The van der Waals surface area contributed by atoms with E-state index < -0.39 is 11.6 Å². The van der Waals surface area contributed by atoms with E-state index >= 15 is 0 Å². The Morgan fingerprint density at radius 3 is 2.43 bits per heavy atom. The lowest BCUT2D eigenvalue weighted by Crippen LogP contribution is -2.38. The topological polar surface area (TPSA) is 85.1 Å². The largest absolute Gasteiger partial charge is 0.459 e. The lowest BCUT2D eigenvalue weighted by Gasteiger charge is -2.33. The van der Waals surface area contributed by atoms with Gasteiger partial charge in [0.2, 0.25) is 6.41 Å². The fourth-order valence-electron chi connectivity index (χ4n) is 6.20. The third kappa shape index (κ3) is 6.03. The van der Waals surface area contributed by atoms with Crippen LogP contribution in [0.2, 0.25) is 10.0 Å². The average Bonchev–Trinajstić information content (AvgIpc) is 3.39. The molecule has 0 N–H and O–H groups in total. The number of hydrogen-bond acceptors (Lipinski definition) is 7. The van der Waals surface area contributed by atoms with Crippen LogP contribution in [-0.4, -0.2) is 48.4 Å². The van der Waals surface area contributed by atoms with Gasteiger partial charge in [-0.3, -0.25) is 9.59 Å². The van der Waals surface area contributed by atoms with Gasteiger partial charge in [0.05, 0.1) is 22.8 Å². The van der Waals surface area contributed by atoms with Gasteiger partial charge in [0.15, 0.2) is 0 Å². The number of amides is 1. The number of carbonyl (C=O) groups excluding carboxylic acids is 2. The minimum Gasteiger partial charge on any atom is -0.459 e. The smallest absolute Gasteiger partial charge is 0.326 e. The first-order valence-corrected chi connectivity index (χ1v) is 15.2. The number of piperidine rings is 1. The Kier molecular flexibility index (Phi) is 7.98. The highest BCUT2D eigenvalue weighted by Crippen LogP contribution is 2.47. The molecule has 0 radical (unpaired) electrons. The number of nitrogens with zero attached hydrogens (tertiary/aromatic N) is 3. The van der Waals surface area contributed by atoms with E-state index in [1.165, 1.54) is 4.90 Å². The van der Waals surface area contributed by atoms with Crippen LogP contribution in [0.4, 0.5) is 11.4 Å². The summed E-state index contributed by atoms with van der Waals surface area (Å²) in [6.45, 7) is 6.59. The van der Waals surface area contributed by atoms with Gasteiger partial charge in [-0.25, -0.2) is 0 Å². The summed E-state index contributed by atoms with van der Waals surface area (Å²) in [5, 5.41) is 5.48. The van der Waals surface area contributed by atoms with Gasteiger partial charge in [-0.2, -0.15) is 0 Å². The van der Waals surface area contributed by atoms with Gasteiger partial charge in [-0.1, -0.05) is 34.4 Å². The Labute approximate surface area is 255 Å². The molecule has 3 fully saturated rings. The Hall–Kier alpha value is -3.07. The van der Waals surface area contributed by atoms with Crippen LogP contribution in [0.5, 0.6) is 0 Å². The minimum atomic E-state index is -0.604. The molecule has 222 valence electrons. The maximum atomic E-state index is 12.2. The molecule has 0 unspecified atom stereocenters. The van der Waals surface area contributed by atoms with E-state index in [9.17, 15) is 9.59 Å². The summed E-state index contributed by atoms with van der Waals surface area (Å²) in [6, 6.07) is 13.6. The third-order valence-corrected chi connectivity index (χ3v) is 8.87. The van der Waals surface area contributed by atoms with Crippen LogP contribution in [0.25, 0.3) is 11.3 Å². The van der Waals surface area contributed by atoms with E-state index in [4.69, 9.17) is 37.2 Å². The summed E-state index contributed by atoms with van der Waals surface area (Å²) in [5.41, 5.74) is 3.46. The molecule has 2 bridgehead atoms. The van der Waals surface area contributed by atoms with Crippen LogP contribution in [0, 0.1) is 5.92 Å². The highest BCUT2D eigenvalue weighted by molar-refractivity contribution is 6.39. The molecule has 1 saturated heterocycles. The van der Waals surface area contributed by atoms with E-state index in [0.29, 0.717) is 57.9 Å². The zero-order valence-electron chi connectivity index (χ0n) is 24.0. The van der Waals surface area contributed by atoms with Crippen molar-refractivity contribution < 1.29 is 23.6 Å². The van der Waals surface area contributed by atoms with Gasteiger partial charge >= 0.3 is 5.97 Å². The van der Waals surface area contributed by atoms with Crippen LogP contribution in [0.3, 0.4) is 0 Å². The Balaban J connectivity index is 1.09. The molecule has 3 aromatic rings. The number of esters is 1. The second-order valence-corrected chi connectivity index (χ2v) is 13.3. The van der Waals surface area contributed by atoms with Gasteiger partial charge < -0.3 is 23.8 Å². The molecular formula is C32H35Cl2N3O5. The summed E-state index contributed by atoms with van der Waals surface area (Å²) in [4.78, 5) is 27.7. The Morgan fingerprint density at radius 1 is 1.12 bits per heavy atom. The molecule has 42 heavy (non-hydrogen) atoms. The van der Waals surface area contributed by atoms with E-state index in [-0.39, 0.29) is 12.6 Å². The lowest BCUT2D eigenvalue weighted by atomic mass is 10.0.